The summed E-state index contributed by atoms with van der Waals surface area (Å²) in [5.74, 6) is 0.0296. The molecule has 2 heterocycles. The minimum absolute atomic E-state index is 0.224. The molecule has 0 amide bonds. The van der Waals surface area contributed by atoms with Gasteiger partial charge in [-0.25, -0.2) is 19.3 Å². The average molecular weight is 363 g/mol. The van der Waals surface area contributed by atoms with E-state index in [4.69, 9.17) is 5.73 Å². The number of pyridine rings is 1. The third-order valence-corrected chi connectivity index (χ3v) is 3.57. The number of benzene rings is 1. The Morgan fingerprint density at radius 1 is 1.04 bits per heavy atom. The van der Waals surface area contributed by atoms with E-state index >= 15 is 0 Å². The summed E-state index contributed by atoms with van der Waals surface area (Å²) in [6.07, 6.45) is -1.62. The van der Waals surface area contributed by atoms with Crippen molar-refractivity contribution in [2.24, 2.45) is 0 Å². The summed E-state index contributed by atoms with van der Waals surface area (Å²) in [6, 6.07) is 7.17. The zero-order valence-corrected chi connectivity index (χ0v) is 13.3. The molecule has 0 bridgehead atoms. The highest BCUT2D eigenvalue weighted by molar-refractivity contribution is 5.68. The van der Waals surface area contributed by atoms with Gasteiger partial charge in [-0.15, -0.1) is 0 Å². The highest BCUT2D eigenvalue weighted by atomic mass is 19.4. The Hall–Kier alpha value is -3.23. The van der Waals surface area contributed by atoms with E-state index in [-0.39, 0.29) is 29.6 Å². The molecule has 0 aliphatic rings. The van der Waals surface area contributed by atoms with E-state index in [1.165, 1.54) is 18.5 Å². The maximum absolute atomic E-state index is 13.3. The van der Waals surface area contributed by atoms with Crippen LogP contribution in [0.3, 0.4) is 0 Å². The number of aromatic nitrogens is 3. The second kappa shape index (κ2) is 6.95. The Morgan fingerprint density at radius 2 is 1.85 bits per heavy atom. The van der Waals surface area contributed by atoms with Crippen LogP contribution in [0.15, 0.2) is 48.8 Å². The zero-order chi connectivity index (χ0) is 18.7. The summed E-state index contributed by atoms with van der Waals surface area (Å²) in [4.78, 5) is 12.2. The predicted molar refractivity (Wildman–Crippen MR) is 88.4 cm³/mol. The monoisotopic (exact) mass is 363 g/mol. The van der Waals surface area contributed by atoms with Gasteiger partial charge in [0.05, 0.1) is 11.1 Å². The Morgan fingerprint density at radius 3 is 2.58 bits per heavy atom. The van der Waals surface area contributed by atoms with Crippen LogP contribution < -0.4 is 11.1 Å². The van der Waals surface area contributed by atoms with Crippen LogP contribution in [0.4, 0.5) is 29.2 Å². The lowest BCUT2D eigenvalue weighted by atomic mass is 10.1. The van der Waals surface area contributed by atoms with Crippen molar-refractivity contribution >= 4 is 11.6 Å². The third-order valence-electron chi connectivity index (χ3n) is 3.57. The summed E-state index contributed by atoms with van der Waals surface area (Å²) in [6.45, 7) is -0.258. The predicted octanol–water partition coefficient (Wildman–Crippen LogP) is 3.89. The number of nitrogens with one attached hydrogen (secondary N) is 1. The summed E-state index contributed by atoms with van der Waals surface area (Å²) in [5.41, 5.74) is 5.14. The maximum atomic E-state index is 13.3. The molecule has 0 atom stereocenters. The van der Waals surface area contributed by atoms with E-state index in [0.717, 1.165) is 12.1 Å². The molecule has 0 spiro atoms. The fourth-order valence-electron chi connectivity index (χ4n) is 2.36. The molecule has 0 saturated heterocycles. The number of alkyl halides is 3. The molecule has 3 N–H and O–H groups in total. The molecule has 0 aliphatic heterocycles. The Labute approximate surface area is 145 Å². The van der Waals surface area contributed by atoms with Crippen molar-refractivity contribution in [3.8, 4) is 11.4 Å². The molecule has 0 saturated carbocycles. The Balaban J connectivity index is 1.85. The first-order valence-corrected chi connectivity index (χ1v) is 7.48. The van der Waals surface area contributed by atoms with Gasteiger partial charge >= 0.3 is 6.18 Å². The fourth-order valence-corrected chi connectivity index (χ4v) is 2.36. The molecule has 3 aromatic rings. The van der Waals surface area contributed by atoms with Crippen LogP contribution in [-0.2, 0) is 12.7 Å². The van der Waals surface area contributed by atoms with E-state index in [1.54, 1.807) is 12.1 Å². The highest BCUT2D eigenvalue weighted by Gasteiger charge is 2.33. The van der Waals surface area contributed by atoms with Crippen LogP contribution >= 0.6 is 0 Å². The summed E-state index contributed by atoms with van der Waals surface area (Å²) >= 11 is 0. The summed E-state index contributed by atoms with van der Waals surface area (Å²) in [5, 5.41) is 2.75. The summed E-state index contributed by atoms with van der Waals surface area (Å²) < 4.78 is 52.5. The number of anilines is 2. The maximum Gasteiger partial charge on any atom is 0.416 e. The first kappa shape index (κ1) is 17.6. The third kappa shape index (κ3) is 3.88. The second-order valence-corrected chi connectivity index (χ2v) is 5.35. The van der Waals surface area contributed by atoms with E-state index in [1.807, 2.05) is 0 Å². The van der Waals surface area contributed by atoms with E-state index in [0.29, 0.717) is 11.6 Å². The van der Waals surface area contributed by atoms with Gasteiger partial charge in [0.2, 0.25) is 0 Å². The van der Waals surface area contributed by atoms with E-state index < -0.39 is 17.6 Å². The van der Waals surface area contributed by atoms with Crippen molar-refractivity contribution in [1.29, 1.82) is 0 Å². The average Bonchev–Trinajstić information content (AvgIpc) is 2.59. The molecule has 0 unspecified atom stereocenters. The largest absolute Gasteiger partial charge is 0.416 e. The molecule has 5 nitrogen and oxygen atoms in total. The van der Waals surface area contributed by atoms with Gasteiger partial charge in [0, 0.05) is 18.9 Å². The number of nitrogens with zero attached hydrogens (tertiary/aromatic N) is 3. The molecule has 1 aromatic carbocycles. The SMILES string of the molecule is Nc1ncccc1-c1nccc(NCc2cc(F)ccc2C(F)(F)F)n1. The molecule has 0 fully saturated rings. The first-order valence-electron chi connectivity index (χ1n) is 7.48. The van der Waals surface area contributed by atoms with Crippen molar-refractivity contribution in [3.05, 3.63) is 65.7 Å². The molecular formula is C17H13F4N5. The van der Waals surface area contributed by atoms with E-state index in [9.17, 15) is 17.6 Å². The number of hydrogen-bond acceptors (Lipinski definition) is 5. The van der Waals surface area contributed by atoms with Gasteiger partial charge < -0.3 is 11.1 Å². The molecule has 9 heteroatoms. The number of rotatable bonds is 4. The first-order chi connectivity index (χ1) is 12.3. The quantitative estimate of drug-likeness (QED) is 0.688. The lowest BCUT2D eigenvalue weighted by Crippen LogP contribution is -2.13. The van der Waals surface area contributed by atoms with Gasteiger partial charge in [-0.1, -0.05) is 0 Å². The van der Waals surface area contributed by atoms with Crippen LogP contribution in [-0.4, -0.2) is 15.0 Å². The van der Waals surface area contributed by atoms with Gasteiger partial charge in [-0.05, 0) is 42.0 Å². The lowest BCUT2D eigenvalue weighted by molar-refractivity contribution is -0.138. The van der Waals surface area contributed by atoms with Crippen molar-refractivity contribution in [1.82, 2.24) is 15.0 Å². The molecule has 134 valence electrons. The summed E-state index contributed by atoms with van der Waals surface area (Å²) in [7, 11) is 0. The normalized spacial score (nSPS) is 11.4. The zero-order valence-electron chi connectivity index (χ0n) is 13.3. The smallest absolute Gasteiger partial charge is 0.383 e. The molecule has 2 aromatic heterocycles. The Kier molecular flexibility index (Phi) is 4.70. The van der Waals surface area contributed by atoms with Gasteiger partial charge in [0.1, 0.15) is 17.5 Å². The number of halogens is 4. The van der Waals surface area contributed by atoms with Crippen molar-refractivity contribution in [2.45, 2.75) is 12.7 Å². The molecule has 26 heavy (non-hydrogen) atoms. The Bertz CT molecular complexity index is 927. The van der Waals surface area contributed by atoms with Crippen molar-refractivity contribution < 1.29 is 17.6 Å². The van der Waals surface area contributed by atoms with Crippen LogP contribution in [0.2, 0.25) is 0 Å². The van der Waals surface area contributed by atoms with E-state index in [2.05, 4.69) is 20.3 Å². The second-order valence-electron chi connectivity index (χ2n) is 5.35. The number of hydrogen-bond donors (Lipinski definition) is 2. The number of nitrogen functional groups attached to an aromatic ring is 1. The van der Waals surface area contributed by atoms with Gasteiger partial charge in [0.15, 0.2) is 5.82 Å². The van der Waals surface area contributed by atoms with Gasteiger partial charge in [0.25, 0.3) is 0 Å². The van der Waals surface area contributed by atoms with Crippen LogP contribution in [0.1, 0.15) is 11.1 Å². The standard InChI is InChI=1S/C17H13F4N5/c18-11-3-4-13(17(19,20)21)10(8-11)9-25-14-5-7-24-16(26-14)12-2-1-6-23-15(12)22/h1-8H,9H2,(H2,22,23)(H,24,25,26). The lowest BCUT2D eigenvalue weighted by Gasteiger charge is -2.14. The molecule has 3 rings (SSSR count). The molecular weight excluding hydrogens is 350 g/mol. The van der Waals surface area contributed by atoms with Gasteiger partial charge in [-0.2, -0.15) is 13.2 Å². The number of nitrogens with two attached hydrogens (primary N) is 1. The van der Waals surface area contributed by atoms with Gasteiger partial charge in [-0.3, -0.25) is 0 Å². The fraction of sp³-hybridized carbons (Fsp3) is 0.118. The van der Waals surface area contributed by atoms with Crippen molar-refractivity contribution in [2.75, 3.05) is 11.1 Å². The minimum Gasteiger partial charge on any atom is -0.383 e. The highest BCUT2D eigenvalue weighted by Crippen LogP contribution is 2.32. The van der Waals surface area contributed by atoms with Crippen molar-refractivity contribution in [3.63, 3.8) is 0 Å². The molecule has 0 radical (unpaired) electrons. The minimum atomic E-state index is -4.58. The topological polar surface area (TPSA) is 76.7 Å². The molecule has 0 aliphatic carbocycles. The van der Waals surface area contributed by atoms with Crippen LogP contribution in [0.25, 0.3) is 11.4 Å². The van der Waals surface area contributed by atoms with Crippen LogP contribution in [0, 0.1) is 5.82 Å². The van der Waals surface area contributed by atoms with Crippen LogP contribution in [0.5, 0.6) is 0 Å².